The molecule has 5 nitrogen and oxygen atoms in total. The molecule has 0 bridgehead atoms. The number of hydrogen-bond acceptors (Lipinski definition) is 4. The molecular formula is C28H30O5. The van der Waals surface area contributed by atoms with Crippen molar-refractivity contribution in [1.82, 2.24) is 0 Å². The molecule has 0 spiro atoms. The molecule has 2 atom stereocenters. The van der Waals surface area contributed by atoms with Crippen molar-refractivity contribution in [3.63, 3.8) is 0 Å². The molecular weight excluding hydrogens is 416 g/mol. The van der Waals surface area contributed by atoms with E-state index in [0.29, 0.717) is 31.6 Å². The highest BCUT2D eigenvalue weighted by Gasteiger charge is 2.09. The van der Waals surface area contributed by atoms with Gasteiger partial charge in [-0.1, -0.05) is 78.9 Å². The topological polar surface area (TPSA) is 87.0 Å². The van der Waals surface area contributed by atoms with Gasteiger partial charge in [0.2, 0.25) is 0 Å². The fraction of sp³-hybridized carbons (Fsp3) is 0.250. The van der Waals surface area contributed by atoms with Gasteiger partial charge >= 0.3 is 5.97 Å². The first-order chi connectivity index (χ1) is 16.0. The van der Waals surface area contributed by atoms with Crippen LogP contribution in [0.3, 0.4) is 0 Å². The highest BCUT2D eigenvalue weighted by molar-refractivity contribution is 5.67. The molecule has 0 fully saturated rings. The summed E-state index contributed by atoms with van der Waals surface area (Å²) in [7, 11) is 0. The van der Waals surface area contributed by atoms with Crippen molar-refractivity contribution in [3.8, 4) is 5.75 Å². The van der Waals surface area contributed by atoms with E-state index < -0.39 is 18.2 Å². The second-order valence-electron chi connectivity index (χ2n) is 7.94. The van der Waals surface area contributed by atoms with Gasteiger partial charge < -0.3 is 20.1 Å². The lowest BCUT2D eigenvalue weighted by Crippen LogP contribution is -2.10. The monoisotopic (exact) mass is 446 g/mol. The number of para-hydroxylation sites is 1. The summed E-state index contributed by atoms with van der Waals surface area (Å²) in [4.78, 5) is 10.8. The fourth-order valence-corrected chi connectivity index (χ4v) is 3.53. The lowest BCUT2D eigenvalue weighted by Gasteiger charge is -2.13. The number of aliphatic hydroxyl groups excluding tert-OH is 2. The summed E-state index contributed by atoms with van der Waals surface area (Å²) in [5, 5.41) is 29.8. The van der Waals surface area contributed by atoms with Gasteiger partial charge in [-0.25, -0.2) is 0 Å². The van der Waals surface area contributed by atoms with Crippen molar-refractivity contribution in [2.24, 2.45) is 0 Å². The molecule has 0 amide bonds. The Morgan fingerprint density at radius 2 is 1.70 bits per heavy atom. The van der Waals surface area contributed by atoms with Crippen LogP contribution in [0, 0.1) is 0 Å². The Morgan fingerprint density at radius 3 is 2.48 bits per heavy atom. The zero-order valence-corrected chi connectivity index (χ0v) is 18.5. The molecule has 0 heterocycles. The highest BCUT2D eigenvalue weighted by Crippen LogP contribution is 2.21. The van der Waals surface area contributed by atoms with E-state index in [-0.39, 0.29) is 6.42 Å². The molecule has 0 aliphatic carbocycles. The SMILES string of the molecule is O=C(O)CCc1ccccc1OCC[C@@H](O)/C=C/c1cccc(C(O)Cc2ccccc2)c1. The van der Waals surface area contributed by atoms with Crippen LogP contribution in [-0.2, 0) is 17.6 Å². The molecule has 0 aromatic heterocycles. The average Bonchev–Trinajstić information content (AvgIpc) is 2.83. The van der Waals surface area contributed by atoms with Gasteiger partial charge in [-0.3, -0.25) is 4.79 Å². The lowest BCUT2D eigenvalue weighted by molar-refractivity contribution is -0.136. The van der Waals surface area contributed by atoms with Crippen LogP contribution in [0.5, 0.6) is 5.75 Å². The van der Waals surface area contributed by atoms with Crippen molar-refractivity contribution in [1.29, 1.82) is 0 Å². The molecule has 3 rings (SSSR count). The van der Waals surface area contributed by atoms with Crippen molar-refractivity contribution < 1.29 is 24.9 Å². The van der Waals surface area contributed by atoms with E-state index in [1.54, 1.807) is 6.08 Å². The third-order valence-electron chi connectivity index (χ3n) is 5.33. The number of hydrogen-bond donors (Lipinski definition) is 3. The van der Waals surface area contributed by atoms with Crippen LogP contribution in [0.4, 0.5) is 0 Å². The maximum atomic E-state index is 10.8. The van der Waals surface area contributed by atoms with E-state index in [2.05, 4.69) is 0 Å². The first-order valence-electron chi connectivity index (χ1n) is 11.1. The number of carbonyl (C=O) groups is 1. The largest absolute Gasteiger partial charge is 0.493 e. The van der Waals surface area contributed by atoms with Crippen LogP contribution in [0.2, 0.25) is 0 Å². The fourth-order valence-electron chi connectivity index (χ4n) is 3.53. The molecule has 3 N–H and O–H groups in total. The smallest absolute Gasteiger partial charge is 0.303 e. The molecule has 0 aliphatic heterocycles. The summed E-state index contributed by atoms with van der Waals surface area (Å²) in [6.45, 7) is 0.311. The van der Waals surface area contributed by atoms with Gasteiger partial charge in [0.05, 0.1) is 18.8 Å². The average molecular weight is 447 g/mol. The third-order valence-corrected chi connectivity index (χ3v) is 5.33. The van der Waals surface area contributed by atoms with Gasteiger partial charge in [0.15, 0.2) is 0 Å². The number of carboxylic acids is 1. The summed E-state index contributed by atoms with van der Waals surface area (Å²) >= 11 is 0. The van der Waals surface area contributed by atoms with Gasteiger partial charge in [0.1, 0.15) is 5.75 Å². The minimum Gasteiger partial charge on any atom is -0.493 e. The number of aliphatic carboxylic acids is 1. The molecule has 3 aromatic carbocycles. The summed E-state index contributed by atoms with van der Waals surface area (Å²) in [5.41, 5.74) is 3.65. The Kier molecular flexibility index (Phi) is 9.24. The van der Waals surface area contributed by atoms with Gasteiger partial charge in [-0.2, -0.15) is 0 Å². The minimum atomic E-state index is -0.845. The number of aliphatic hydroxyl groups is 2. The van der Waals surface area contributed by atoms with Crippen LogP contribution in [0.25, 0.3) is 6.08 Å². The Labute approximate surface area is 194 Å². The number of ether oxygens (including phenoxy) is 1. The van der Waals surface area contributed by atoms with Crippen molar-refractivity contribution in [2.75, 3.05) is 6.61 Å². The van der Waals surface area contributed by atoms with Crippen molar-refractivity contribution in [2.45, 2.75) is 37.9 Å². The number of aryl methyl sites for hydroxylation is 1. The second kappa shape index (κ2) is 12.6. The zero-order valence-electron chi connectivity index (χ0n) is 18.5. The summed E-state index contributed by atoms with van der Waals surface area (Å²) in [5.74, 6) is -0.197. The molecule has 0 saturated carbocycles. The molecule has 0 radical (unpaired) electrons. The number of rotatable bonds is 12. The van der Waals surface area contributed by atoms with E-state index in [1.165, 1.54) is 0 Å². The van der Waals surface area contributed by atoms with E-state index in [4.69, 9.17) is 9.84 Å². The molecule has 0 aliphatic rings. The molecule has 5 heteroatoms. The lowest BCUT2D eigenvalue weighted by atomic mass is 9.99. The van der Waals surface area contributed by atoms with Crippen molar-refractivity contribution >= 4 is 12.0 Å². The Balaban J connectivity index is 1.50. The van der Waals surface area contributed by atoms with Gasteiger partial charge in [0, 0.05) is 19.3 Å². The van der Waals surface area contributed by atoms with E-state index >= 15 is 0 Å². The van der Waals surface area contributed by atoms with Crippen LogP contribution in [0.15, 0.2) is 84.9 Å². The summed E-state index contributed by atoms with van der Waals surface area (Å²) in [6, 6.07) is 24.9. The number of carboxylic acid groups (broad SMARTS) is 1. The zero-order chi connectivity index (χ0) is 23.5. The molecule has 3 aromatic rings. The molecule has 33 heavy (non-hydrogen) atoms. The predicted octanol–water partition coefficient (Wildman–Crippen LogP) is 4.82. The van der Waals surface area contributed by atoms with Crippen LogP contribution in [-0.4, -0.2) is 34.0 Å². The molecule has 172 valence electrons. The van der Waals surface area contributed by atoms with Gasteiger partial charge in [-0.15, -0.1) is 0 Å². The predicted molar refractivity (Wildman–Crippen MR) is 129 cm³/mol. The van der Waals surface area contributed by atoms with Crippen LogP contribution < -0.4 is 4.74 Å². The highest BCUT2D eigenvalue weighted by atomic mass is 16.5. The van der Waals surface area contributed by atoms with Gasteiger partial charge in [0.25, 0.3) is 0 Å². The number of benzene rings is 3. The van der Waals surface area contributed by atoms with E-state index in [9.17, 15) is 15.0 Å². The summed E-state index contributed by atoms with van der Waals surface area (Å²) in [6.07, 6.45) is 3.66. The third kappa shape index (κ3) is 8.22. The van der Waals surface area contributed by atoms with Crippen LogP contribution >= 0.6 is 0 Å². The van der Waals surface area contributed by atoms with Crippen molar-refractivity contribution in [3.05, 3.63) is 107 Å². The van der Waals surface area contributed by atoms with Gasteiger partial charge in [-0.05, 0) is 40.8 Å². The quantitative estimate of drug-likeness (QED) is 0.371. The standard InChI is InChI=1S/C28H30O5/c29-25(17-18-33-27-12-5-4-10-23(27)14-16-28(31)32)15-13-22-9-6-11-24(19-22)26(30)20-21-7-2-1-3-8-21/h1-13,15,19,25-26,29-30H,14,16-18,20H2,(H,31,32)/b15-13+/t25-,26?/m0/s1. The maximum Gasteiger partial charge on any atom is 0.303 e. The second-order valence-corrected chi connectivity index (χ2v) is 7.94. The first-order valence-corrected chi connectivity index (χ1v) is 11.1. The summed E-state index contributed by atoms with van der Waals surface area (Å²) < 4.78 is 5.78. The van der Waals surface area contributed by atoms with E-state index in [0.717, 1.165) is 22.3 Å². The minimum absolute atomic E-state index is 0.0465. The first kappa shape index (κ1) is 24.2. The maximum absolute atomic E-state index is 10.8. The van der Waals surface area contributed by atoms with E-state index in [1.807, 2.05) is 84.9 Å². The molecule has 0 saturated heterocycles. The molecule has 1 unspecified atom stereocenters. The normalized spacial score (nSPS) is 13.0. The Morgan fingerprint density at radius 1 is 0.939 bits per heavy atom. The van der Waals surface area contributed by atoms with Crippen LogP contribution in [0.1, 0.15) is 41.2 Å². The Bertz CT molecular complexity index is 1040. The Hall–Kier alpha value is -3.41.